The highest BCUT2D eigenvalue weighted by Gasteiger charge is 2.26. The Morgan fingerprint density at radius 2 is 1.95 bits per heavy atom. The van der Waals surface area contributed by atoms with E-state index in [0.717, 1.165) is 12.8 Å². The number of halogens is 2. The summed E-state index contributed by atoms with van der Waals surface area (Å²) in [5.41, 5.74) is -0.479. The van der Waals surface area contributed by atoms with Crippen molar-refractivity contribution in [2.24, 2.45) is 5.92 Å². The Hall–Kier alpha value is -0.910. The standard InChI is InChI=1S/C13H24F2N2O2/c1-13(2,3)19-12(18)17-6-4-10(5-7-17)8-16-9-11(14)15/h10-11,16H,4-9H2,1-3H3. The number of alkyl halides is 2. The summed E-state index contributed by atoms with van der Waals surface area (Å²) in [7, 11) is 0. The van der Waals surface area contributed by atoms with Gasteiger partial charge in [0.25, 0.3) is 6.43 Å². The van der Waals surface area contributed by atoms with Crippen molar-refractivity contribution in [1.29, 1.82) is 0 Å². The number of amides is 1. The van der Waals surface area contributed by atoms with Crippen LogP contribution in [0.3, 0.4) is 0 Å². The van der Waals surface area contributed by atoms with Crippen molar-refractivity contribution in [1.82, 2.24) is 10.2 Å². The van der Waals surface area contributed by atoms with Crippen LogP contribution in [-0.2, 0) is 4.74 Å². The molecule has 0 aromatic carbocycles. The van der Waals surface area contributed by atoms with Gasteiger partial charge in [-0.25, -0.2) is 13.6 Å². The predicted molar refractivity (Wildman–Crippen MR) is 69.4 cm³/mol. The van der Waals surface area contributed by atoms with Gasteiger partial charge in [0.1, 0.15) is 5.60 Å². The van der Waals surface area contributed by atoms with E-state index in [1.165, 1.54) is 0 Å². The third kappa shape index (κ3) is 6.71. The lowest BCUT2D eigenvalue weighted by Crippen LogP contribution is -2.43. The molecule has 0 aliphatic carbocycles. The molecule has 1 amide bonds. The highest BCUT2D eigenvalue weighted by Crippen LogP contribution is 2.19. The minimum atomic E-state index is -2.30. The van der Waals surface area contributed by atoms with Crippen LogP contribution >= 0.6 is 0 Å². The maximum absolute atomic E-state index is 12.0. The zero-order valence-electron chi connectivity index (χ0n) is 11.9. The molecule has 1 heterocycles. The molecule has 1 fully saturated rings. The Labute approximate surface area is 113 Å². The molecule has 0 aromatic heterocycles. The number of carbonyl (C=O) groups excluding carboxylic acids is 1. The van der Waals surface area contributed by atoms with Gasteiger partial charge >= 0.3 is 6.09 Å². The number of nitrogens with one attached hydrogen (secondary N) is 1. The van der Waals surface area contributed by atoms with Crippen molar-refractivity contribution in [3.63, 3.8) is 0 Å². The second kappa shape index (κ2) is 7.03. The molecule has 1 rings (SSSR count). The number of ether oxygens (including phenoxy) is 1. The fourth-order valence-corrected chi connectivity index (χ4v) is 2.04. The Bertz CT molecular complexity index is 285. The highest BCUT2D eigenvalue weighted by molar-refractivity contribution is 5.68. The molecule has 0 aromatic rings. The van der Waals surface area contributed by atoms with E-state index in [9.17, 15) is 13.6 Å². The summed E-state index contributed by atoms with van der Waals surface area (Å²) in [6, 6.07) is 0. The van der Waals surface area contributed by atoms with Crippen LogP contribution in [0.15, 0.2) is 0 Å². The maximum Gasteiger partial charge on any atom is 0.410 e. The molecule has 0 unspecified atom stereocenters. The minimum Gasteiger partial charge on any atom is -0.444 e. The minimum absolute atomic E-state index is 0.258. The van der Waals surface area contributed by atoms with Crippen LogP contribution in [0.5, 0.6) is 0 Å². The Balaban J connectivity index is 2.23. The predicted octanol–water partition coefficient (Wildman–Crippen LogP) is 2.49. The smallest absolute Gasteiger partial charge is 0.410 e. The number of hydrogen-bond acceptors (Lipinski definition) is 3. The van der Waals surface area contributed by atoms with Crippen molar-refractivity contribution in [3.05, 3.63) is 0 Å². The molecule has 19 heavy (non-hydrogen) atoms. The topological polar surface area (TPSA) is 41.6 Å². The number of piperidine rings is 1. The molecule has 1 aliphatic heterocycles. The van der Waals surface area contributed by atoms with Gasteiger partial charge in [-0.05, 0) is 46.1 Å². The van der Waals surface area contributed by atoms with Crippen LogP contribution in [0, 0.1) is 5.92 Å². The SMILES string of the molecule is CC(C)(C)OC(=O)N1CCC(CNCC(F)F)CC1. The van der Waals surface area contributed by atoms with Crippen LogP contribution in [0.2, 0.25) is 0 Å². The van der Waals surface area contributed by atoms with Crippen LogP contribution in [0.1, 0.15) is 33.6 Å². The lowest BCUT2D eigenvalue weighted by Gasteiger charge is -2.33. The second-order valence-electron chi connectivity index (χ2n) is 5.96. The Morgan fingerprint density at radius 3 is 2.42 bits per heavy atom. The Kier molecular flexibility index (Phi) is 5.97. The second-order valence-corrected chi connectivity index (χ2v) is 5.96. The van der Waals surface area contributed by atoms with E-state index in [-0.39, 0.29) is 12.6 Å². The summed E-state index contributed by atoms with van der Waals surface area (Å²) in [5, 5.41) is 2.75. The van der Waals surface area contributed by atoms with Crippen LogP contribution in [-0.4, -0.2) is 49.2 Å². The van der Waals surface area contributed by atoms with E-state index in [2.05, 4.69) is 5.32 Å². The molecule has 4 nitrogen and oxygen atoms in total. The monoisotopic (exact) mass is 278 g/mol. The third-order valence-corrected chi connectivity index (χ3v) is 3.00. The van der Waals surface area contributed by atoms with Crippen LogP contribution in [0.25, 0.3) is 0 Å². The number of likely N-dealkylation sites (tertiary alicyclic amines) is 1. The van der Waals surface area contributed by atoms with Crippen molar-refractivity contribution in [3.8, 4) is 0 Å². The molecule has 0 bridgehead atoms. The van der Waals surface area contributed by atoms with Gasteiger partial charge in [-0.3, -0.25) is 0 Å². The fraction of sp³-hybridized carbons (Fsp3) is 0.923. The van der Waals surface area contributed by atoms with Gasteiger partial charge in [0, 0.05) is 13.1 Å². The number of rotatable bonds is 4. The van der Waals surface area contributed by atoms with Crippen LogP contribution < -0.4 is 5.32 Å². The molecule has 1 aliphatic rings. The summed E-state index contributed by atoms with van der Waals surface area (Å²) < 4.78 is 29.3. The zero-order chi connectivity index (χ0) is 14.5. The average Bonchev–Trinajstić information content (AvgIpc) is 2.27. The summed E-state index contributed by atoms with van der Waals surface area (Å²) in [6.07, 6.45) is -0.932. The van der Waals surface area contributed by atoms with E-state index in [4.69, 9.17) is 4.74 Å². The van der Waals surface area contributed by atoms with Gasteiger partial charge in [0.15, 0.2) is 0 Å². The molecule has 0 spiro atoms. The van der Waals surface area contributed by atoms with Gasteiger partial charge in [-0.1, -0.05) is 0 Å². The maximum atomic E-state index is 12.0. The largest absolute Gasteiger partial charge is 0.444 e. The van der Waals surface area contributed by atoms with Crippen LogP contribution in [0.4, 0.5) is 13.6 Å². The van der Waals surface area contributed by atoms with Gasteiger partial charge in [-0.15, -0.1) is 0 Å². The lowest BCUT2D eigenvalue weighted by atomic mass is 9.97. The molecule has 112 valence electrons. The van der Waals surface area contributed by atoms with Crippen molar-refractivity contribution in [2.45, 2.75) is 45.6 Å². The van der Waals surface area contributed by atoms with Crippen molar-refractivity contribution in [2.75, 3.05) is 26.2 Å². The van der Waals surface area contributed by atoms with Gasteiger partial charge < -0.3 is 15.0 Å². The van der Waals surface area contributed by atoms with E-state index in [1.54, 1.807) is 4.90 Å². The average molecular weight is 278 g/mol. The van der Waals surface area contributed by atoms with E-state index in [0.29, 0.717) is 25.6 Å². The molecule has 0 saturated carbocycles. The van der Waals surface area contributed by atoms with Crippen molar-refractivity contribution < 1.29 is 18.3 Å². The molecule has 1 saturated heterocycles. The Morgan fingerprint density at radius 1 is 1.37 bits per heavy atom. The molecular formula is C13H24F2N2O2. The third-order valence-electron chi connectivity index (χ3n) is 3.00. The molecule has 1 N–H and O–H groups in total. The first-order chi connectivity index (χ1) is 8.78. The number of hydrogen-bond donors (Lipinski definition) is 1. The van der Waals surface area contributed by atoms with E-state index in [1.807, 2.05) is 20.8 Å². The van der Waals surface area contributed by atoms with E-state index >= 15 is 0 Å². The summed E-state index contributed by atoms with van der Waals surface area (Å²) in [5.74, 6) is 0.359. The molecule has 0 atom stereocenters. The highest BCUT2D eigenvalue weighted by atomic mass is 19.3. The van der Waals surface area contributed by atoms with Gasteiger partial charge in [0.05, 0.1) is 6.54 Å². The molecular weight excluding hydrogens is 254 g/mol. The lowest BCUT2D eigenvalue weighted by molar-refractivity contribution is 0.0183. The van der Waals surface area contributed by atoms with Gasteiger partial charge in [0.2, 0.25) is 0 Å². The van der Waals surface area contributed by atoms with Crippen molar-refractivity contribution >= 4 is 6.09 Å². The van der Waals surface area contributed by atoms with E-state index < -0.39 is 12.0 Å². The first-order valence-electron chi connectivity index (χ1n) is 6.74. The molecule has 0 radical (unpaired) electrons. The quantitative estimate of drug-likeness (QED) is 0.859. The number of nitrogens with zero attached hydrogens (tertiary/aromatic N) is 1. The normalized spacial score (nSPS) is 17.9. The first kappa shape index (κ1) is 16.1. The number of carbonyl (C=O) groups is 1. The van der Waals surface area contributed by atoms with Gasteiger partial charge in [-0.2, -0.15) is 0 Å². The fourth-order valence-electron chi connectivity index (χ4n) is 2.04. The zero-order valence-corrected chi connectivity index (χ0v) is 11.9. The first-order valence-corrected chi connectivity index (χ1v) is 6.74. The summed E-state index contributed by atoms with van der Waals surface area (Å²) >= 11 is 0. The molecule has 6 heteroatoms. The summed E-state index contributed by atoms with van der Waals surface area (Å²) in [4.78, 5) is 13.5. The summed E-state index contributed by atoms with van der Waals surface area (Å²) in [6.45, 7) is 7.12.